The van der Waals surface area contributed by atoms with Crippen LogP contribution in [0.1, 0.15) is 19.4 Å². The molecule has 0 aromatic heterocycles. The van der Waals surface area contributed by atoms with Gasteiger partial charge in [-0.2, -0.15) is 0 Å². The Bertz CT molecular complexity index is 196. The summed E-state index contributed by atoms with van der Waals surface area (Å²) in [7, 11) is 0. The molecule has 1 rings (SSSR count). The van der Waals surface area contributed by atoms with Crippen LogP contribution in [0.2, 0.25) is 0 Å². The summed E-state index contributed by atoms with van der Waals surface area (Å²) in [5, 5.41) is 11.3. The van der Waals surface area contributed by atoms with E-state index in [-0.39, 0.29) is 0 Å². The largest absolute Gasteiger partial charge is 0.225 e. The van der Waals surface area contributed by atoms with Gasteiger partial charge in [0.15, 0.2) is 0 Å². The number of benzene rings is 1. The Kier molecular flexibility index (Phi) is 1.77. The van der Waals surface area contributed by atoms with E-state index in [1.54, 1.807) is 13.8 Å². The standard InChI is InChI=1S/C9H11O/c1-9(2,10)8-6-4-3-5-7-8/h3-7H,1-2H3. The molecule has 0 aliphatic heterocycles. The van der Waals surface area contributed by atoms with Crippen molar-refractivity contribution in [2.24, 2.45) is 0 Å². The zero-order valence-corrected chi connectivity index (χ0v) is 6.29. The molecule has 10 heavy (non-hydrogen) atoms. The van der Waals surface area contributed by atoms with E-state index in [0.29, 0.717) is 0 Å². The Hall–Kier alpha value is -0.820. The lowest BCUT2D eigenvalue weighted by molar-refractivity contribution is -0.0000974. The molecule has 1 aromatic rings. The first-order valence-electron chi connectivity index (χ1n) is 3.36. The van der Waals surface area contributed by atoms with Gasteiger partial charge in [0.05, 0.1) is 0 Å². The van der Waals surface area contributed by atoms with E-state index in [1.165, 1.54) is 0 Å². The molecule has 0 amide bonds. The van der Waals surface area contributed by atoms with Crippen LogP contribution in [0.4, 0.5) is 0 Å². The average Bonchev–Trinajstić information content (AvgIpc) is 1.88. The minimum Gasteiger partial charge on any atom is -0.225 e. The van der Waals surface area contributed by atoms with E-state index in [0.717, 1.165) is 5.56 Å². The highest BCUT2D eigenvalue weighted by molar-refractivity contribution is 5.19. The molecule has 1 heteroatoms. The van der Waals surface area contributed by atoms with Crippen molar-refractivity contribution in [1.29, 1.82) is 0 Å². The molecular formula is C9H11O. The summed E-state index contributed by atoms with van der Waals surface area (Å²) < 4.78 is 0. The van der Waals surface area contributed by atoms with Gasteiger partial charge in [-0.15, -0.1) is 0 Å². The average molecular weight is 135 g/mol. The van der Waals surface area contributed by atoms with Gasteiger partial charge in [0.25, 0.3) is 0 Å². The van der Waals surface area contributed by atoms with Crippen molar-refractivity contribution in [1.82, 2.24) is 0 Å². The smallest absolute Gasteiger partial charge is 0.123 e. The van der Waals surface area contributed by atoms with Crippen molar-refractivity contribution in [2.75, 3.05) is 0 Å². The van der Waals surface area contributed by atoms with Crippen molar-refractivity contribution in [2.45, 2.75) is 19.4 Å². The van der Waals surface area contributed by atoms with Crippen LogP contribution in [0, 0.1) is 0 Å². The molecule has 0 saturated heterocycles. The zero-order valence-electron chi connectivity index (χ0n) is 6.29. The molecular weight excluding hydrogens is 124 g/mol. The summed E-state index contributed by atoms with van der Waals surface area (Å²) in [6.07, 6.45) is 0. The number of rotatable bonds is 1. The molecule has 1 radical (unpaired) electrons. The van der Waals surface area contributed by atoms with Gasteiger partial charge >= 0.3 is 0 Å². The monoisotopic (exact) mass is 135 g/mol. The highest BCUT2D eigenvalue weighted by Gasteiger charge is 2.16. The van der Waals surface area contributed by atoms with Crippen LogP contribution in [0.5, 0.6) is 0 Å². The third-order valence-corrected chi connectivity index (χ3v) is 1.47. The van der Waals surface area contributed by atoms with Crippen LogP contribution in [0.25, 0.3) is 0 Å². The molecule has 0 unspecified atom stereocenters. The Balaban J connectivity index is 2.97. The summed E-state index contributed by atoms with van der Waals surface area (Å²) in [6.45, 7) is 3.34. The first-order valence-corrected chi connectivity index (χ1v) is 3.36. The second kappa shape index (κ2) is 2.43. The lowest BCUT2D eigenvalue weighted by Gasteiger charge is -2.13. The summed E-state index contributed by atoms with van der Waals surface area (Å²) in [5.41, 5.74) is -0.114. The summed E-state index contributed by atoms with van der Waals surface area (Å²) >= 11 is 0. The van der Waals surface area contributed by atoms with Crippen molar-refractivity contribution >= 4 is 0 Å². The second-order valence-electron chi connectivity index (χ2n) is 2.88. The van der Waals surface area contributed by atoms with E-state index in [9.17, 15) is 5.11 Å². The van der Waals surface area contributed by atoms with Crippen molar-refractivity contribution < 1.29 is 5.11 Å². The molecule has 0 aliphatic rings. The predicted molar refractivity (Wildman–Crippen MR) is 40.2 cm³/mol. The maximum atomic E-state index is 11.3. The van der Waals surface area contributed by atoms with Gasteiger partial charge in [-0.25, -0.2) is 5.11 Å². The van der Waals surface area contributed by atoms with E-state index in [4.69, 9.17) is 0 Å². The second-order valence-corrected chi connectivity index (χ2v) is 2.88. The van der Waals surface area contributed by atoms with Gasteiger partial charge in [-0.3, -0.25) is 0 Å². The predicted octanol–water partition coefficient (Wildman–Crippen LogP) is 2.35. The zero-order chi connectivity index (χ0) is 7.61. The molecule has 53 valence electrons. The summed E-state index contributed by atoms with van der Waals surface area (Å²) in [6, 6.07) is 9.39. The molecule has 0 heterocycles. The van der Waals surface area contributed by atoms with Crippen LogP contribution in [-0.2, 0) is 10.7 Å². The van der Waals surface area contributed by atoms with Crippen LogP contribution < -0.4 is 0 Å². The van der Waals surface area contributed by atoms with E-state index in [2.05, 4.69) is 0 Å². The molecule has 1 nitrogen and oxygen atoms in total. The maximum absolute atomic E-state index is 11.3. The molecule has 0 aliphatic carbocycles. The van der Waals surface area contributed by atoms with Crippen LogP contribution in [0.15, 0.2) is 30.3 Å². The van der Waals surface area contributed by atoms with Gasteiger partial charge in [0.2, 0.25) is 0 Å². The number of hydrogen-bond acceptors (Lipinski definition) is 0. The Morgan fingerprint density at radius 1 is 1.10 bits per heavy atom. The van der Waals surface area contributed by atoms with Crippen molar-refractivity contribution in [3.63, 3.8) is 0 Å². The fourth-order valence-corrected chi connectivity index (χ4v) is 0.840. The van der Waals surface area contributed by atoms with E-state index < -0.39 is 5.60 Å². The Labute approximate surface area is 61.3 Å². The van der Waals surface area contributed by atoms with Crippen molar-refractivity contribution in [3.8, 4) is 0 Å². The summed E-state index contributed by atoms with van der Waals surface area (Å²) in [5.74, 6) is 0. The molecule has 0 spiro atoms. The number of hydrogen-bond donors (Lipinski definition) is 0. The quantitative estimate of drug-likeness (QED) is 0.563. The lowest BCUT2D eigenvalue weighted by atomic mass is 9.99. The molecule has 0 bridgehead atoms. The fraction of sp³-hybridized carbons (Fsp3) is 0.333. The maximum Gasteiger partial charge on any atom is 0.123 e. The van der Waals surface area contributed by atoms with Crippen molar-refractivity contribution in [3.05, 3.63) is 35.9 Å². The van der Waals surface area contributed by atoms with Crippen LogP contribution in [0.3, 0.4) is 0 Å². The fourth-order valence-electron chi connectivity index (χ4n) is 0.840. The molecule has 0 fully saturated rings. The Morgan fingerprint density at radius 2 is 1.60 bits per heavy atom. The molecule has 0 saturated carbocycles. The first-order chi connectivity index (χ1) is 4.61. The van der Waals surface area contributed by atoms with Gasteiger partial charge in [0.1, 0.15) is 5.60 Å². The van der Waals surface area contributed by atoms with Gasteiger partial charge < -0.3 is 0 Å². The highest BCUT2D eigenvalue weighted by Crippen LogP contribution is 2.18. The van der Waals surface area contributed by atoms with Crippen LogP contribution >= 0.6 is 0 Å². The van der Waals surface area contributed by atoms with E-state index in [1.807, 2.05) is 30.3 Å². The third kappa shape index (κ3) is 1.58. The normalized spacial score (nSPS) is 11.5. The highest BCUT2D eigenvalue weighted by atomic mass is 16.3. The SMILES string of the molecule is CC(C)([O])c1ccccc1. The minimum absolute atomic E-state index is 0.843. The summed E-state index contributed by atoms with van der Waals surface area (Å²) in [4.78, 5) is 0. The van der Waals surface area contributed by atoms with Crippen LogP contribution in [-0.4, -0.2) is 0 Å². The van der Waals surface area contributed by atoms with Gasteiger partial charge in [-0.05, 0) is 19.4 Å². The lowest BCUT2D eigenvalue weighted by Crippen LogP contribution is -2.12. The van der Waals surface area contributed by atoms with Gasteiger partial charge in [-0.1, -0.05) is 30.3 Å². The minimum atomic E-state index is -0.957. The first kappa shape index (κ1) is 7.29. The molecule has 1 aromatic carbocycles. The Morgan fingerprint density at radius 3 is 1.90 bits per heavy atom. The van der Waals surface area contributed by atoms with E-state index >= 15 is 0 Å². The molecule has 0 atom stereocenters. The topological polar surface area (TPSA) is 19.9 Å². The third-order valence-electron chi connectivity index (χ3n) is 1.47. The molecule has 0 N–H and O–H groups in total. The van der Waals surface area contributed by atoms with Gasteiger partial charge in [0, 0.05) is 0 Å².